The number of aromatic nitrogens is 1. The number of aliphatic carboxylic acids is 1. The maximum atomic E-state index is 10.7. The number of unbranched alkanes of at least 4 members (excludes halogenated alkanes) is 3. The lowest BCUT2D eigenvalue weighted by Gasteiger charge is -2.07. The van der Waals surface area contributed by atoms with Gasteiger partial charge in [-0.3, -0.25) is 4.79 Å². The van der Waals surface area contributed by atoms with Crippen molar-refractivity contribution in [3.05, 3.63) is 34.8 Å². The largest absolute Gasteiger partial charge is 0.494 e. The summed E-state index contributed by atoms with van der Waals surface area (Å²) in [4.78, 5) is 16.2. The molecule has 0 spiro atoms. The average Bonchev–Trinajstić information content (AvgIpc) is 2.93. The number of thiazole rings is 1. The van der Waals surface area contributed by atoms with E-state index in [0.29, 0.717) is 6.42 Å². The summed E-state index contributed by atoms with van der Waals surface area (Å²) in [6, 6.07) is 7.84. The monoisotopic (exact) mass is 362 g/mol. The summed E-state index contributed by atoms with van der Waals surface area (Å²) in [6.45, 7) is 4.87. The first kappa shape index (κ1) is 19.2. The fourth-order valence-electron chi connectivity index (χ4n) is 2.41. The highest BCUT2D eigenvalue weighted by Gasteiger charge is 2.09. The third-order valence-electron chi connectivity index (χ3n) is 3.83. The lowest BCUT2D eigenvalue weighted by Crippen LogP contribution is -1.97. The van der Waals surface area contributed by atoms with Crippen molar-refractivity contribution in [3.63, 3.8) is 0 Å². The number of nitrogens with one attached hydrogen (secondary N) is 1. The zero-order valence-electron chi connectivity index (χ0n) is 14.9. The molecule has 25 heavy (non-hydrogen) atoms. The molecule has 0 aliphatic heterocycles. The van der Waals surface area contributed by atoms with Crippen LogP contribution in [0.15, 0.2) is 24.3 Å². The van der Waals surface area contributed by atoms with Gasteiger partial charge in [0.1, 0.15) is 5.75 Å². The van der Waals surface area contributed by atoms with Gasteiger partial charge in [0.15, 0.2) is 5.13 Å². The summed E-state index contributed by atoms with van der Waals surface area (Å²) in [7, 11) is 0. The Kier molecular flexibility index (Phi) is 7.73. The lowest BCUT2D eigenvalue weighted by atomic mass is 10.2. The van der Waals surface area contributed by atoms with E-state index in [9.17, 15) is 4.79 Å². The first-order chi connectivity index (χ1) is 12.1. The molecule has 0 saturated carbocycles. The van der Waals surface area contributed by atoms with Gasteiger partial charge in [-0.1, -0.05) is 26.2 Å². The van der Waals surface area contributed by atoms with Crippen molar-refractivity contribution in [2.24, 2.45) is 0 Å². The number of nitrogens with zero attached hydrogens (tertiary/aromatic N) is 1. The van der Waals surface area contributed by atoms with Crippen LogP contribution in [0.4, 0.5) is 10.8 Å². The molecule has 0 amide bonds. The summed E-state index contributed by atoms with van der Waals surface area (Å²) >= 11 is 1.51. The molecule has 0 aliphatic carbocycles. The minimum Gasteiger partial charge on any atom is -0.494 e. The number of aryl methyl sites for hydroxylation is 2. The maximum Gasteiger partial charge on any atom is 0.303 e. The fourth-order valence-corrected chi connectivity index (χ4v) is 3.39. The van der Waals surface area contributed by atoms with Crippen LogP contribution in [-0.2, 0) is 11.2 Å². The smallest absolute Gasteiger partial charge is 0.303 e. The standard InChI is InChI=1S/C19H26N2O3S/c1-3-4-5-6-13-24-16-9-7-15(8-10-16)21-19-20-14(2)17(25-19)11-12-18(22)23/h7-10H,3-6,11-13H2,1-2H3,(H,20,21)(H,22,23). The second-order valence-electron chi connectivity index (χ2n) is 5.98. The molecule has 0 atom stereocenters. The van der Waals surface area contributed by atoms with E-state index >= 15 is 0 Å². The van der Waals surface area contributed by atoms with Crippen molar-refractivity contribution < 1.29 is 14.6 Å². The highest BCUT2D eigenvalue weighted by Crippen LogP contribution is 2.27. The van der Waals surface area contributed by atoms with Crippen LogP contribution >= 0.6 is 11.3 Å². The van der Waals surface area contributed by atoms with Gasteiger partial charge in [0.05, 0.1) is 18.7 Å². The van der Waals surface area contributed by atoms with Crippen molar-refractivity contribution in [2.45, 2.75) is 52.4 Å². The molecule has 0 bridgehead atoms. The Morgan fingerprint density at radius 2 is 2.00 bits per heavy atom. The van der Waals surface area contributed by atoms with Crippen LogP contribution in [0.3, 0.4) is 0 Å². The molecule has 6 heteroatoms. The van der Waals surface area contributed by atoms with Gasteiger partial charge >= 0.3 is 5.97 Å². The minimum absolute atomic E-state index is 0.132. The number of hydrogen-bond acceptors (Lipinski definition) is 5. The number of carboxylic acid groups (broad SMARTS) is 1. The number of benzene rings is 1. The fraction of sp³-hybridized carbons (Fsp3) is 0.474. The highest BCUT2D eigenvalue weighted by atomic mass is 32.1. The molecule has 0 aliphatic rings. The quantitative estimate of drug-likeness (QED) is 0.540. The van der Waals surface area contributed by atoms with E-state index in [-0.39, 0.29) is 6.42 Å². The number of rotatable bonds is 11. The molecule has 136 valence electrons. The average molecular weight is 362 g/mol. The molecule has 0 fully saturated rings. The molecule has 1 aromatic carbocycles. The van der Waals surface area contributed by atoms with Crippen LogP contribution in [0.25, 0.3) is 0 Å². The Morgan fingerprint density at radius 3 is 2.68 bits per heavy atom. The van der Waals surface area contributed by atoms with Crippen molar-refractivity contribution in [3.8, 4) is 5.75 Å². The number of anilines is 2. The van der Waals surface area contributed by atoms with Gasteiger partial charge in [-0.25, -0.2) is 4.98 Å². The SMILES string of the molecule is CCCCCCOc1ccc(Nc2nc(C)c(CCC(=O)O)s2)cc1. The third kappa shape index (κ3) is 6.74. The normalized spacial score (nSPS) is 10.6. The zero-order chi connectivity index (χ0) is 18.1. The van der Waals surface area contributed by atoms with Gasteiger partial charge in [-0.05, 0) is 44.0 Å². The third-order valence-corrected chi connectivity index (χ3v) is 4.96. The Labute approximate surface area is 153 Å². The van der Waals surface area contributed by atoms with E-state index in [4.69, 9.17) is 9.84 Å². The Morgan fingerprint density at radius 1 is 1.24 bits per heavy atom. The second-order valence-corrected chi connectivity index (χ2v) is 7.06. The van der Waals surface area contributed by atoms with Crippen molar-refractivity contribution in [2.75, 3.05) is 11.9 Å². The molecule has 0 saturated heterocycles. The van der Waals surface area contributed by atoms with Crippen molar-refractivity contribution in [1.29, 1.82) is 0 Å². The van der Waals surface area contributed by atoms with Crippen LogP contribution in [0.2, 0.25) is 0 Å². The summed E-state index contributed by atoms with van der Waals surface area (Å²) in [5.41, 5.74) is 1.83. The Bertz CT molecular complexity index is 668. The number of carbonyl (C=O) groups is 1. The summed E-state index contributed by atoms with van der Waals surface area (Å²) in [5, 5.41) is 12.8. The molecule has 2 aromatic rings. The Hall–Kier alpha value is -2.08. The van der Waals surface area contributed by atoms with Crippen LogP contribution in [0, 0.1) is 6.92 Å². The van der Waals surface area contributed by atoms with Crippen LogP contribution in [0.1, 0.15) is 49.6 Å². The topological polar surface area (TPSA) is 71.5 Å². The van der Waals surface area contributed by atoms with Crippen LogP contribution in [0.5, 0.6) is 5.75 Å². The number of ether oxygens (including phenoxy) is 1. The molecule has 2 N–H and O–H groups in total. The second kappa shape index (κ2) is 10.0. The van der Waals surface area contributed by atoms with E-state index in [1.54, 1.807) is 0 Å². The van der Waals surface area contributed by atoms with Crippen LogP contribution < -0.4 is 10.1 Å². The van der Waals surface area contributed by atoms with E-state index < -0.39 is 5.97 Å². The molecular weight excluding hydrogens is 336 g/mol. The molecule has 1 aromatic heterocycles. The van der Waals surface area contributed by atoms with Gasteiger partial charge in [0, 0.05) is 10.6 Å². The molecule has 0 unspecified atom stereocenters. The first-order valence-corrected chi connectivity index (χ1v) is 9.58. The minimum atomic E-state index is -0.785. The van der Waals surface area contributed by atoms with Gasteiger partial charge in [0.2, 0.25) is 0 Å². The number of carboxylic acids is 1. The predicted octanol–water partition coefficient (Wildman–Crippen LogP) is 5.17. The van der Waals surface area contributed by atoms with Gasteiger partial charge in [-0.15, -0.1) is 11.3 Å². The summed E-state index contributed by atoms with van der Waals surface area (Å²) in [6.07, 6.45) is 5.44. The zero-order valence-corrected chi connectivity index (χ0v) is 15.7. The molecule has 5 nitrogen and oxygen atoms in total. The molecule has 2 rings (SSSR count). The van der Waals surface area contributed by atoms with E-state index in [1.165, 1.54) is 30.6 Å². The van der Waals surface area contributed by atoms with Crippen LogP contribution in [-0.4, -0.2) is 22.7 Å². The highest BCUT2D eigenvalue weighted by molar-refractivity contribution is 7.15. The van der Waals surface area contributed by atoms with E-state index in [0.717, 1.165) is 40.2 Å². The van der Waals surface area contributed by atoms with Gasteiger partial charge in [0.25, 0.3) is 0 Å². The molecule has 0 radical (unpaired) electrons. The molecule has 1 heterocycles. The maximum absolute atomic E-state index is 10.7. The van der Waals surface area contributed by atoms with E-state index in [1.807, 2.05) is 31.2 Å². The number of hydrogen-bond donors (Lipinski definition) is 2. The lowest BCUT2D eigenvalue weighted by molar-refractivity contribution is -0.136. The van der Waals surface area contributed by atoms with Crippen molar-refractivity contribution >= 4 is 28.1 Å². The van der Waals surface area contributed by atoms with E-state index in [2.05, 4.69) is 17.2 Å². The summed E-state index contributed by atoms with van der Waals surface area (Å²) < 4.78 is 5.74. The van der Waals surface area contributed by atoms with Crippen molar-refractivity contribution in [1.82, 2.24) is 4.98 Å². The summed E-state index contributed by atoms with van der Waals surface area (Å²) in [5.74, 6) is 0.0899. The first-order valence-electron chi connectivity index (χ1n) is 8.76. The predicted molar refractivity (Wildman–Crippen MR) is 102 cm³/mol. The molecular formula is C19H26N2O3S. The van der Waals surface area contributed by atoms with Gasteiger partial charge in [-0.2, -0.15) is 0 Å². The Balaban J connectivity index is 1.84. The van der Waals surface area contributed by atoms with Gasteiger partial charge < -0.3 is 15.2 Å².